The van der Waals surface area contributed by atoms with Crippen LogP contribution >= 0.6 is 66.4 Å². The van der Waals surface area contributed by atoms with E-state index in [1.807, 2.05) is 13.8 Å². The van der Waals surface area contributed by atoms with E-state index < -0.39 is 190 Å². The number of aromatic nitrogens is 12. The van der Waals surface area contributed by atoms with Crippen molar-refractivity contribution in [3.63, 3.8) is 0 Å². The molecule has 44 nitrogen and oxygen atoms in total. The van der Waals surface area contributed by atoms with Crippen molar-refractivity contribution in [1.29, 1.82) is 0 Å². The molecule has 5 aliphatic heterocycles. The van der Waals surface area contributed by atoms with Gasteiger partial charge in [0.1, 0.15) is 79.2 Å². The van der Waals surface area contributed by atoms with Crippen molar-refractivity contribution >= 4 is 131 Å². The highest BCUT2D eigenvalue weighted by atomic mass is 79.9. The largest absolute Gasteiger partial charge is 0.394 e. The van der Waals surface area contributed by atoms with Crippen molar-refractivity contribution in [2.24, 2.45) is 17.6 Å². The molecular weight excluding hydrogens is 1730 g/mol. The van der Waals surface area contributed by atoms with Crippen molar-refractivity contribution in [2.75, 3.05) is 104 Å². The highest BCUT2D eigenvalue weighted by molar-refractivity contribution is 9.10. The predicted molar refractivity (Wildman–Crippen MR) is 414 cm³/mol. The monoisotopic (exact) mass is 1810 g/mol. The first-order valence-electron chi connectivity index (χ1n) is 34.2. The molecule has 112 heavy (non-hydrogen) atoms. The Balaban J connectivity index is 0.835. The lowest BCUT2D eigenvalue weighted by Gasteiger charge is -2.30. The Morgan fingerprint density at radius 1 is 0.616 bits per heavy atom. The summed E-state index contributed by atoms with van der Waals surface area (Å²) in [6, 6.07) is 2.75. The maximum atomic E-state index is 14.4. The smallest absolute Gasteiger partial charge is 0.386 e. The Kier molecular flexibility index (Phi) is 29.9. The molecular formula is C58H83BrN16O28P4S5. The lowest BCUT2D eigenvalue weighted by molar-refractivity contribution is -0.0626. The summed E-state index contributed by atoms with van der Waals surface area (Å²) in [5.41, 5.74) is 13.9. The quantitative estimate of drug-likeness (QED) is 0.0145. The third kappa shape index (κ3) is 21.5. The van der Waals surface area contributed by atoms with E-state index in [2.05, 4.69) is 63.1 Å². The van der Waals surface area contributed by atoms with Crippen molar-refractivity contribution in [3.05, 3.63) is 126 Å². The van der Waals surface area contributed by atoms with Gasteiger partial charge in [0.15, 0.2) is 23.6 Å². The molecule has 0 spiro atoms. The molecule has 21 atom stereocenters. The van der Waals surface area contributed by atoms with E-state index in [-0.39, 0.29) is 96.5 Å². The first kappa shape index (κ1) is 88.2. The summed E-state index contributed by atoms with van der Waals surface area (Å²) in [5.74, 6) is -0.598. The number of halogens is 1. The van der Waals surface area contributed by atoms with E-state index in [1.54, 1.807) is 0 Å². The minimum atomic E-state index is -4.71. The number of fused-ring (bicyclic) bond motifs is 1. The second kappa shape index (κ2) is 38.0. The van der Waals surface area contributed by atoms with Gasteiger partial charge in [-0.25, -0.2) is 28.7 Å². The maximum absolute atomic E-state index is 14.4. The van der Waals surface area contributed by atoms with Crippen molar-refractivity contribution in [1.82, 2.24) is 57.7 Å². The van der Waals surface area contributed by atoms with Gasteiger partial charge in [0.2, 0.25) is 11.6 Å². The molecule has 0 amide bonds. The first-order chi connectivity index (χ1) is 53.1. The van der Waals surface area contributed by atoms with Crippen LogP contribution in [0.25, 0.3) is 11.2 Å². The van der Waals surface area contributed by atoms with Crippen molar-refractivity contribution in [3.8, 4) is 0 Å². The molecule has 0 aliphatic carbocycles. The molecule has 54 heteroatoms. The third-order valence-corrected chi connectivity index (χ3v) is 26.6. The van der Waals surface area contributed by atoms with Gasteiger partial charge in [0.05, 0.1) is 95.2 Å². The fourth-order valence-electron chi connectivity index (χ4n) is 12.9. The van der Waals surface area contributed by atoms with Gasteiger partial charge in [0, 0.05) is 64.0 Å². The normalized spacial score (nSPS) is 28.9. The molecule has 620 valence electrons. The minimum absolute atomic E-state index is 0.00200. The molecule has 5 saturated heterocycles. The number of aryl methyl sites for hydroxylation is 1. The van der Waals surface area contributed by atoms with E-state index >= 15 is 0 Å². The van der Waals surface area contributed by atoms with Crippen LogP contribution in [0.15, 0.2) is 81.3 Å². The highest BCUT2D eigenvalue weighted by Crippen LogP contribution is 2.61. The minimum Gasteiger partial charge on any atom is -0.394 e. The number of H-pyrrole nitrogens is 3. The molecule has 11 rings (SSSR count). The van der Waals surface area contributed by atoms with Gasteiger partial charge in [0.25, 0.3) is 16.7 Å². The van der Waals surface area contributed by atoms with Gasteiger partial charge in [-0.05, 0) is 88.7 Å². The zero-order valence-corrected chi connectivity index (χ0v) is 69.4. The van der Waals surface area contributed by atoms with E-state index in [9.17, 15) is 48.1 Å². The summed E-state index contributed by atoms with van der Waals surface area (Å²) in [6.07, 6.45) is -13.8. The number of imidazole rings is 1. The second-order valence-electron chi connectivity index (χ2n) is 26.0. The number of anilines is 3. The fraction of sp³-hybridized carbons (Fsp3) is 0.638. The van der Waals surface area contributed by atoms with Crippen LogP contribution in [0.2, 0.25) is 0 Å². The average Bonchev–Trinajstić information content (AvgIpc) is 1.62. The SMILES string of the molecule is COC1C(OP(O)(=S)OC[C@H]2O[C@@H](n3cnc4c(=O)[nH]c(N)nc43)CC2OP(=S)(S)OC[C@H]2O[C@@H](n3cc(C)c(=O)[nH]c3=O)CC2OP(=S)(OCCOCCOCCN)OC[C@H]2O[C@@H](n3ccc(N)nc3=O)CC2C(C)C)[C@@H](COP(=O)(S)OC2C(OC)[C@H](n3cc(Br)c(=O)[nH]c3=O)O[C@@H]2CO)O[C@H]1n1ccc(N)nc1=O. The number of nitrogens with zero attached hydrogens (tertiary/aromatic N) is 9. The predicted octanol–water partition coefficient (Wildman–Crippen LogP) is 0.752. The summed E-state index contributed by atoms with van der Waals surface area (Å²) in [7, 11) is 2.42. The number of hydrogen-bond acceptors (Lipinski definition) is 38. The summed E-state index contributed by atoms with van der Waals surface area (Å²) in [4.78, 5) is 126. The van der Waals surface area contributed by atoms with E-state index in [0.717, 1.165) is 19.9 Å². The number of hydrogen-bond donors (Lipinski definition) is 11. The summed E-state index contributed by atoms with van der Waals surface area (Å²) >= 11 is 30.0. The molecule has 0 saturated carbocycles. The lowest BCUT2D eigenvalue weighted by atomic mass is 9.89. The zero-order valence-electron chi connectivity index (χ0n) is 60.0. The Hall–Kier alpha value is -4.61. The topological polar surface area (TPSA) is 571 Å². The first-order valence-corrected chi connectivity index (χ1v) is 46.6. The molecule has 13 N–H and O–H groups in total. The standard InChI is InChI=1S/C58H83BrN16O28P4S5/c1-27(2)29-16-40(71-9-6-38(61)65-55(71)80)95-34(29)22-93-106(110,90-15-14-89-13-12-88-11-8-60)100-31-17-41(73-19-28(3)49(77)69-57(73)82)96-36(31)24-94-107(111,112)101-32-18-42(75-26-64-43-48(75)67-54(63)68-51(43)79)97-35(32)23-91-104(84,108)103-45-37(99-52(47(45)87-5)72-10-7-39(62)66-56(72)81)25-92-105(85,109)102-44-33(21-76)98-53(46(44)86-4)74-20-30(59)50(78)70-58(74)83/h6-7,9-10,19-20,26-27,29,31-37,40-42,44-47,52-53,76H,8,11-18,21-25,60H2,1-5H3,(H,84,108)(H,85,109)(H,111,112)(H2,61,65,80)(H2,62,66,81)(H,69,77,82)(H,70,78,83)(H3,63,67,68,79)/t29?,31?,32?,33-,34-,35-,36-,37-,40-,41-,42-,44?,45?,46?,47?,52-,53-,104?,105?,106?/m1/s1. The van der Waals surface area contributed by atoms with Crippen molar-refractivity contribution in [2.45, 2.75) is 138 Å². The summed E-state index contributed by atoms with van der Waals surface area (Å²) < 4.78 is 131. The van der Waals surface area contributed by atoms with Gasteiger partial charge < -0.3 is 103 Å². The van der Waals surface area contributed by atoms with Gasteiger partial charge in [-0.2, -0.15) is 15.0 Å². The molecule has 11 unspecified atom stereocenters. The number of nitrogen functional groups attached to an aromatic ring is 3. The number of aliphatic hydroxyl groups is 1. The Labute approximate surface area is 668 Å². The van der Waals surface area contributed by atoms with Crippen LogP contribution in [0.1, 0.15) is 69.8 Å². The average molecular weight is 1820 g/mol. The van der Waals surface area contributed by atoms with Crippen molar-refractivity contribution < 1.29 is 97.9 Å². The Bertz CT molecular complexity index is 4970. The zero-order chi connectivity index (χ0) is 80.9. The molecule has 0 aromatic carbocycles. The fourth-order valence-corrected chi connectivity index (χ4v) is 20.3. The van der Waals surface area contributed by atoms with Gasteiger partial charge >= 0.3 is 43.0 Å². The number of nitrogens with two attached hydrogens (primary N) is 4. The Morgan fingerprint density at radius 2 is 1.17 bits per heavy atom. The number of methoxy groups -OCH3 is 2. The van der Waals surface area contributed by atoms with E-state index in [0.29, 0.717) is 19.6 Å². The number of nitrogens with one attached hydrogen (secondary N) is 3. The second-order valence-corrected chi connectivity index (χ2v) is 40.7. The lowest BCUT2D eigenvalue weighted by Crippen LogP contribution is -2.40. The molecule has 6 aromatic rings. The van der Waals surface area contributed by atoms with E-state index in [1.165, 1.54) is 67.3 Å². The maximum Gasteiger partial charge on any atom is 0.386 e. The Morgan fingerprint density at radius 3 is 1.81 bits per heavy atom. The number of thiol groups is 2. The molecule has 5 fully saturated rings. The van der Waals surface area contributed by atoms with Crippen LogP contribution in [0, 0.1) is 18.8 Å². The van der Waals surface area contributed by atoms with E-state index in [4.69, 9.17) is 154 Å². The van der Waals surface area contributed by atoms with Crippen LogP contribution in [0.4, 0.5) is 17.6 Å². The number of rotatable bonds is 38. The van der Waals surface area contributed by atoms with Gasteiger partial charge in [-0.15, -0.1) is 0 Å². The highest BCUT2D eigenvalue weighted by Gasteiger charge is 2.54. The summed E-state index contributed by atoms with van der Waals surface area (Å²) in [6.45, 7) is -10.1. The third-order valence-electron chi connectivity index (χ3n) is 18.3. The molecule has 5 aliphatic rings. The van der Waals surface area contributed by atoms with Crippen LogP contribution in [0.3, 0.4) is 0 Å². The van der Waals surface area contributed by atoms with Crippen LogP contribution in [-0.4, -0.2) is 222 Å². The molecule has 0 bridgehead atoms. The van der Waals surface area contributed by atoms with Crippen LogP contribution < -0.4 is 62.4 Å². The molecule has 11 heterocycles. The van der Waals surface area contributed by atoms with Gasteiger partial charge in [-0.1, -0.05) is 38.3 Å². The number of aromatic amines is 3. The number of aliphatic hydroxyl groups excluding tert-OH is 1. The van der Waals surface area contributed by atoms with Gasteiger partial charge in [-0.3, -0.25) is 65.7 Å². The van der Waals surface area contributed by atoms with Crippen LogP contribution in [0.5, 0.6) is 0 Å². The molecule has 6 aromatic heterocycles. The van der Waals surface area contributed by atoms with Crippen LogP contribution in [-0.2, 0) is 123 Å². The summed E-state index contributed by atoms with van der Waals surface area (Å²) in [5, 5.41) is 10.4. The number of ether oxygens (including phenoxy) is 9. The molecule has 0 radical (unpaired) electrons.